The number of hydrogen-bond acceptors (Lipinski definition) is 6. The van der Waals surface area contributed by atoms with Crippen molar-refractivity contribution in [2.24, 2.45) is 22.7 Å². The average molecular weight is 638 g/mol. The predicted octanol–water partition coefficient (Wildman–Crippen LogP) is 6.06. The molecule has 0 spiro atoms. The van der Waals surface area contributed by atoms with E-state index in [9.17, 15) is 14.4 Å². The van der Waals surface area contributed by atoms with Crippen LogP contribution < -0.4 is 16.0 Å². The van der Waals surface area contributed by atoms with Crippen molar-refractivity contribution < 1.29 is 23.9 Å². The summed E-state index contributed by atoms with van der Waals surface area (Å²) in [6.45, 7) is 17.6. The van der Waals surface area contributed by atoms with E-state index < -0.39 is 23.2 Å². The molecular formula is C36H55N5O5. The third kappa shape index (κ3) is 6.92. The van der Waals surface area contributed by atoms with Gasteiger partial charge in [-0.25, -0.2) is 9.78 Å². The minimum atomic E-state index is -0.937. The molecule has 46 heavy (non-hydrogen) atoms. The number of fused-ring (bicyclic) bond motifs is 1. The lowest BCUT2D eigenvalue weighted by Crippen LogP contribution is -2.61. The minimum Gasteiger partial charge on any atom is -0.444 e. The fourth-order valence-electron chi connectivity index (χ4n) is 8.12. The first-order valence-corrected chi connectivity index (χ1v) is 17.2. The molecular weight excluding hydrogens is 582 g/mol. The Hall–Kier alpha value is -3.14. The maximum Gasteiger partial charge on any atom is 0.408 e. The molecule has 10 nitrogen and oxygen atoms in total. The summed E-state index contributed by atoms with van der Waals surface area (Å²) in [5.41, 5.74) is 0.501. The number of nitrogens with one attached hydrogen (secondary N) is 4. The fourth-order valence-corrected chi connectivity index (χ4v) is 8.12. The summed E-state index contributed by atoms with van der Waals surface area (Å²) < 4.78 is 11.5. The van der Waals surface area contributed by atoms with Crippen LogP contribution in [0.1, 0.15) is 118 Å². The van der Waals surface area contributed by atoms with Crippen molar-refractivity contribution in [3.8, 4) is 0 Å². The van der Waals surface area contributed by atoms with Crippen LogP contribution in [0.25, 0.3) is 11.0 Å². The van der Waals surface area contributed by atoms with Gasteiger partial charge >= 0.3 is 6.09 Å². The van der Waals surface area contributed by atoms with E-state index in [4.69, 9.17) is 14.5 Å². The van der Waals surface area contributed by atoms with Crippen molar-refractivity contribution in [1.82, 2.24) is 25.9 Å². The van der Waals surface area contributed by atoms with Crippen LogP contribution >= 0.6 is 0 Å². The van der Waals surface area contributed by atoms with E-state index in [0.717, 1.165) is 55.1 Å². The number of aromatic amines is 1. The molecule has 3 amide bonds. The molecule has 10 heteroatoms. The van der Waals surface area contributed by atoms with Gasteiger partial charge in [-0.05, 0) is 100 Å². The van der Waals surface area contributed by atoms with Gasteiger partial charge in [0.2, 0.25) is 11.8 Å². The maximum atomic E-state index is 14.2. The number of hydrogen-bond donors (Lipinski definition) is 4. The number of imidazole rings is 1. The molecule has 2 aromatic rings. The number of alkyl carbamates (subject to hydrolysis) is 1. The summed E-state index contributed by atoms with van der Waals surface area (Å²) in [5.74, 6) is 1.12. The Balaban J connectivity index is 1.47. The third-order valence-corrected chi connectivity index (χ3v) is 10.8. The van der Waals surface area contributed by atoms with Crippen LogP contribution in [0.2, 0.25) is 0 Å². The molecule has 4 unspecified atom stereocenters. The van der Waals surface area contributed by atoms with E-state index >= 15 is 0 Å². The number of nitrogens with zero attached hydrogens (tertiary/aromatic N) is 1. The Labute approximate surface area is 273 Å². The highest BCUT2D eigenvalue weighted by Gasteiger charge is 2.50. The van der Waals surface area contributed by atoms with Gasteiger partial charge in [0, 0.05) is 13.2 Å². The number of rotatable bonds is 9. The lowest BCUT2D eigenvalue weighted by Gasteiger charge is -2.45. The van der Waals surface area contributed by atoms with Crippen LogP contribution in [0, 0.1) is 22.7 Å². The largest absolute Gasteiger partial charge is 0.444 e. The maximum absolute atomic E-state index is 14.2. The van der Waals surface area contributed by atoms with Crippen LogP contribution in [0.5, 0.6) is 0 Å². The highest BCUT2D eigenvalue weighted by molar-refractivity contribution is 5.95. The average Bonchev–Trinajstić information content (AvgIpc) is 3.60. The first kappa shape index (κ1) is 34.2. The van der Waals surface area contributed by atoms with Gasteiger partial charge in [-0.15, -0.1) is 0 Å². The standard InChI is InChI=1S/C36H55N5O5/c1-9-37-30(42)28(35(8)15-10-16-35)41-31(43)36(17-18-45-21-36)23-12-14-25-26(19-23)39-29(38-25)27(40-32(44)46-33(3,4)5)24-13-11-22(2)20-34(24,6)7/h12,14,19,22,24,27-28H,9-11,13,15-18,20-21H2,1-8H3,(H,37,42)(H,38,39)(H,40,44)(H,41,43)/t22?,24?,27?,28-,36?/m0/s1. The molecule has 3 fully saturated rings. The van der Waals surface area contributed by atoms with E-state index in [0.29, 0.717) is 31.3 Å². The minimum absolute atomic E-state index is 0.0253. The van der Waals surface area contributed by atoms with Crippen molar-refractivity contribution in [2.75, 3.05) is 19.8 Å². The highest BCUT2D eigenvalue weighted by Crippen LogP contribution is 2.49. The highest BCUT2D eigenvalue weighted by atomic mass is 16.6. The normalized spacial score (nSPS) is 26.9. The Morgan fingerprint density at radius 2 is 1.85 bits per heavy atom. The van der Waals surface area contributed by atoms with E-state index in [-0.39, 0.29) is 41.2 Å². The lowest BCUT2D eigenvalue weighted by atomic mass is 9.63. The number of benzene rings is 1. The second kappa shape index (κ2) is 12.8. The van der Waals surface area contributed by atoms with Crippen molar-refractivity contribution in [3.05, 3.63) is 29.6 Å². The summed E-state index contributed by atoms with van der Waals surface area (Å²) in [4.78, 5) is 49.0. The predicted molar refractivity (Wildman–Crippen MR) is 178 cm³/mol. The summed E-state index contributed by atoms with van der Waals surface area (Å²) in [5, 5.41) is 9.28. The quantitative estimate of drug-likeness (QED) is 0.264. The molecule has 0 bridgehead atoms. The molecule has 2 heterocycles. The number of H-pyrrole nitrogens is 1. The second-order valence-corrected chi connectivity index (χ2v) is 16.2. The molecule has 254 valence electrons. The number of ether oxygens (including phenoxy) is 2. The number of likely N-dealkylation sites (N-methyl/N-ethyl adjacent to an activating group) is 1. The zero-order chi connectivity index (χ0) is 33.5. The van der Waals surface area contributed by atoms with Crippen molar-refractivity contribution >= 4 is 28.9 Å². The Bertz CT molecular complexity index is 1430. The number of carbonyl (C=O) groups excluding carboxylic acids is 3. The second-order valence-electron chi connectivity index (χ2n) is 16.2. The van der Waals surface area contributed by atoms with Crippen LogP contribution in [0.4, 0.5) is 4.79 Å². The molecule has 2 saturated carbocycles. The Kier molecular flexibility index (Phi) is 9.53. The molecule has 4 N–H and O–H groups in total. The van der Waals surface area contributed by atoms with Crippen LogP contribution in [0.15, 0.2) is 18.2 Å². The number of aromatic nitrogens is 2. The molecule has 1 aromatic heterocycles. The molecule has 5 rings (SSSR count). The van der Waals surface area contributed by atoms with Crippen molar-refractivity contribution in [3.63, 3.8) is 0 Å². The summed E-state index contributed by atoms with van der Waals surface area (Å²) >= 11 is 0. The summed E-state index contributed by atoms with van der Waals surface area (Å²) in [6, 6.07) is 4.91. The van der Waals surface area contributed by atoms with E-state index in [1.54, 1.807) is 0 Å². The summed E-state index contributed by atoms with van der Waals surface area (Å²) in [6.07, 6.45) is 6.00. The topological polar surface area (TPSA) is 134 Å². The zero-order valence-electron chi connectivity index (χ0n) is 29.1. The molecule has 0 radical (unpaired) electrons. The van der Waals surface area contributed by atoms with Crippen molar-refractivity contribution in [1.29, 1.82) is 0 Å². The Morgan fingerprint density at radius 3 is 2.43 bits per heavy atom. The van der Waals surface area contributed by atoms with Crippen LogP contribution in [-0.2, 0) is 24.5 Å². The molecule has 5 atom stereocenters. The van der Waals surface area contributed by atoms with Crippen LogP contribution in [-0.4, -0.2) is 59.3 Å². The van der Waals surface area contributed by atoms with Gasteiger partial charge in [0.25, 0.3) is 0 Å². The molecule has 3 aliphatic rings. The Morgan fingerprint density at radius 1 is 1.11 bits per heavy atom. The van der Waals surface area contributed by atoms with E-state index in [2.05, 4.69) is 48.6 Å². The van der Waals surface area contributed by atoms with Gasteiger partial charge in [0.1, 0.15) is 17.5 Å². The number of amides is 3. The number of carbonyl (C=O) groups is 3. The smallest absolute Gasteiger partial charge is 0.408 e. The lowest BCUT2D eigenvalue weighted by molar-refractivity contribution is -0.136. The molecule has 1 aromatic carbocycles. The van der Waals surface area contributed by atoms with E-state index in [1.807, 2.05) is 45.9 Å². The van der Waals surface area contributed by atoms with Gasteiger partial charge < -0.3 is 30.4 Å². The molecule has 2 aliphatic carbocycles. The first-order valence-electron chi connectivity index (χ1n) is 17.2. The van der Waals surface area contributed by atoms with Gasteiger partial charge in [-0.2, -0.15) is 0 Å². The molecule has 1 saturated heterocycles. The monoisotopic (exact) mass is 637 g/mol. The van der Waals surface area contributed by atoms with Gasteiger partial charge in [-0.3, -0.25) is 9.59 Å². The summed E-state index contributed by atoms with van der Waals surface area (Å²) in [7, 11) is 0. The molecule has 1 aliphatic heterocycles. The van der Waals surface area contributed by atoms with Gasteiger partial charge in [0.05, 0.1) is 29.1 Å². The van der Waals surface area contributed by atoms with Crippen LogP contribution in [0.3, 0.4) is 0 Å². The van der Waals surface area contributed by atoms with Gasteiger partial charge in [-0.1, -0.05) is 46.6 Å². The van der Waals surface area contributed by atoms with Gasteiger partial charge in [0.15, 0.2) is 0 Å². The van der Waals surface area contributed by atoms with E-state index in [1.165, 1.54) is 0 Å². The zero-order valence-corrected chi connectivity index (χ0v) is 29.1. The first-order chi connectivity index (χ1) is 21.6. The van der Waals surface area contributed by atoms with Crippen molar-refractivity contribution in [2.45, 2.75) is 123 Å². The SMILES string of the molecule is CCNC(=O)[C@H](NC(=O)C1(c2ccc3[nH]c(C(NC(=O)OC(C)(C)C)C4CCC(C)CC4(C)C)nc3c2)CCOC1)C1(C)CCC1. The fraction of sp³-hybridized carbons (Fsp3) is 0.722. The third-order valence-electron chi connectivity index (χ3n) is 10.8.